The molecule has 0 bridgehead atoms. The molecule has 0 aliphatic heterocycles. The van der Waals surface area contributed by atoms with E-state index in [0.717, 1.165) is 42.6 Å². The van der Waals surface area contributed by atoms with Crippen LogP contribution in [0.2, 0.25) is 0 Å². The quantitative estimate of drug-likeness (QED) is 0.833. The van der Waals surface area contributed by atoms with E-state index in [1.165, 1.54) is 12.8 Å². The highest BCUT2D eigenvalue weighted by molar-refractivity contribution is 5.83. The van der Waals surface area contributed by atoms with Gasteiger partial charge in [0.1, 0.15) is 0 Å². The monoisotopic (exact) mass is 292 g/mol. The molecule has 1 saturated carbocycles. The summed E-state index contributed by atoms with van der Waals surface area (Å²) in [4.78, 5) is 12.7. The Hall–Kier alpha value is -1.36. The van der Waals surface area contributed by atoms with Crippen molar-refractivity contribution in [2.24, 2.45) is 18.2 Å². The van der Waals surface area contributed by atoms with Crippen LogP contribution in [0.5, 0.6) is 0 Å². The average molecular weight is 292 g/mol. The fraction of sp³-hybridized carbons (Fsp3) is 0.750. The van der Waals surface area contributed by atoms with Gasteiger partial charge >= 0.3 is 0 Å². The number of hydrogen-bond acceptors (Lipinski definition) is 3. The van der Waals surface area contributed by atoms with Crippen molar-refractivity contribution in [2.45, 2.75) is 58.9 Å². The first-order chi connectivity index (χ1) is 10.00. The van der Waals surface area contributed by atoms with Crippen LogP contribution in [-0.2, 0) is 18.4 Å². The molecule has 2 rings (SSSR count). The van der Waals surface area contributed by atoms with Gasteiger partial charge in [0.05, 0.1) is 11.1 Å². The molecule has 118 valence electrons. The number of amides is 1. The fourth-order valence-electron chi connectivity index (χ4n) is 3.36. The number of hydrogen-bond donors (Lipinski definition) is 2. The lowest BCUT2D eigenvalue weighted by Gasteiger charge is -2.29. The van der Waals surface area contributed by atoms with Crippen LogP contribution in [0.25, 0.3) is 0 Å². The molecule has 0 spiro atoms. The van der Waals surface area contributed by atoms with Crippen LogP contribution in [-0.4, -0.2) is 22.2 Å². The molecule has 1 aliphatic rings. The zero-order chi connectivity index (χ0) is 15.5. The maximum Gasteiger partial charge on any atom is 0.227 e. The minimum Gasteiger partial charge on any atom is -0.351 e. The smallest absolute Gasteiger partial charge is 0.227 e. The summed E-state index contributed by atoms with van der Waals surface area (Å²) in [5.74, 6) is 0.120. The number of aromatic nitrogens is 2. The summed E-state index contributed by atoms with van der Waals surface area (Å²) >= 11 is 0. The molecule has 1 fully saturated rings. The van der Waals surface area contributed by atoms with Crippen LogP contribution in [0, 0.1) is 19.3 Å². The Bertz CT molecular complexity index is 499. The van der Waals surface area contributed by atoms with E-state index in [-0.39, 0.29) is 11.3 Å². The second-order valence-corrected chi connectivity index (χ2v) is 6.35. The summed E-state index contributed by atoms with van der Waals surface area (Å²) in [6, 6.07) is 0. The summed E-state index contributed by atoms with van der Waals surface area (Å²) in [6.45, 7) is 5.01. The molecule has 0 radical (unpaired) electrons. The van der Waals surface area contributed by atoms with E-state index in [4.69, 9.17) is 5.73 Å². The van der Waals surface area contributed by atoms with E-state index in [0.29, 0.717) is 13.1 Å². The van der Waals surface area contributed by atoms with Crippen molar-refractivity contribution in [3.05, 3.63) is 17.0 Å². The predicted molar refractivity (Wildman–Crippen MR) is 83.7 cm³/mol. The second-order valence-electron chi connectivity index (χ2n) is 6.35. The van der Waals surface area contributed by atoms with Crippen LogP contribution in [0.4, 0.5) is 0 Å². The minimum absolute atomic E-state index is 0.120. The van der Waals surface area contributed by atoms with Gasteiger partial charge in [-0.2, -0.15) is 5.10 Å². The van der Waals surface area contributed by atoms with Gasteiger partial charge in [-0.1, -0.05) is 25.7 Å². The SMILES string of the molecule is Cc1nn(C)c(C)c1CNC(=O)C1(CN)CCCCCC1. The van der Waals surface area contributed by atoms with Gasteiger partial charge < -0.3 is 11.1 Å². The maximum absolute atomic E-state index is 12.7. The van der Waals surface area contributed by atoms with Gasteiger partial charge in [0.25, 0.3) is 0 Å². The fourth-order valence-corrected chi connectivity index (χ4v) is 3.36. The normalized spacial score (nSPS) is 18.3. The van der Waals surface area contributed by atoms with Crippen LogP contribution in [0.3, 0.4) is 0 Å². The summed E-state index contributed by atoms with van der Waals surface area (Å²) in [5, 5.41) is 7.51. The molecule has 21 heavy (non-hydrogen) atoms. The minimum atomic E-state index is -0.361. The van der Waals surface area contributed by atoms with Gasteiger partial charge in [-0.25, -0.2) is 0 Å². The van der Waals surface area contributed by atoms with Gasteiger partial charge in [-0.05, 0) is 26.7 Å². The molecule has 0 saturated heterocycles. The van der Waals surface area contributed by atoms with E-state index in [1.54, 1.807) is 0 Å². The average Bonchev–Trinajstić information content (AvgIpc) is 2.66. The van der Waals surface area contributed by atoms with E-state index in [9.17, 15) is 4.79 Å². The van der Waals surface area contributed by atoms with Gasteiger partial charge in [-0.3, -0.25) is 9.48 Å². The van der Waals surface area contributed by atoms with E-state index in [2.05, 4.69) is 10.4 Å². The van der Waals surface area contributed by atoms with Gasteiger partial charge in [-0.15, -0.1) is 0 Å². The molecule has 1 aromatic heterocycles. The number of carbonyl (C=O) groups excluding carboxylic acids is 1. The second kappa shape index (κ2) is 6.60. The Morgan fingerprint density at radius 3 is 2.38 bits per heavy atom. The lowest BCUT2D eigenvalue weighted by atomic mass is 9.79. The standard InChI is InChI=1S/C16H28N4O/c1-12-14(13(2)20(3)19-12)10-18-15(21)16(11-17)8-6-4-5-7-9-16/h4-11,17H2,1-3H3,(H,18,21). The Morgan fingerprint density at radius 2 is 1.90 bits per heavy atom. The molecule has 5 heteroatoms. The number of nitrogens with zero attached hydrogens (tertiary/aromatic N) is 2. The number of nitrogens with two attached hydrogens (primary N) is 1. The third-order valence-corrected chi connectivity index (χ3v) is 5.02. The summed E-state index contributed by atoms with van der Waals surface area (Å²) in [6.07, 6.45) is 6.48. The molecule has 0 unspecified atom stereocenters. The third-order valence-electron chi connectivity index (χ3n) is 5.02. The highest BCUT2D eigenvalue weighted by Crippen LogP contribution is 2.34. The maximum atomic E-state index is 12.7. The molecular weight excluding hydrogens is 264 g/mol. The van der Waals surface area contributed by atoms with Crippen molar-refractivity contribution in [2.75, 3.05) is 6.54 Å². The summed E-state index contributed by atoms with van der Waals surface area (Å²) in [7, 11) is 1.93. The van der Waals surface area contributed by atoms with Crippen LogP contribution < -0.4 is 11.1 Å². The molecular formula is C16H28N4O. The summed E-state index contributed by atoms with van der Waals surface area (Å²) in [5.41, 5.74) is 8.81. The number of carbonyl (C=O) groups is 1. The number of rotatable bonds is 4. The van der Waals surface area contributed by atoms with Crippen molar-refractivity contribution in [3.63, 3.8) is 0 Å². The zero-order valence-corrected chi connectivity index (χ0v) is 13.5. The topological polar surface area (TPSA) is 72.9 Å². The zero-order valence-electron chi connectivity index (χ0n) is 13.5. The highest BCUT2D eigenvalue weighted by Gasteiger charge is 2.37. The van der Waals surface area contributed by atoms with E-state index < -0.39 is 0 Å². The molecule has 0 atom stereocenters. The van der Waals surface area contributed by atoms with Gasteiger partial charge in [0, 0.05) is 31.4 Å². The molecule has 5 nitrogen and oxygen atoms in total. The molecule has 1 aromatic rings. The Labute approximate surface area is 127 Å². The first-order valence-electron chi connectivity index (χ1n) is 7.97. The molecule has 1 heterocycles. The largest absolute Gasteiger partial charge is 0.351 e. The predicted octanol–water partition coefficient (Wildman–Crippen LogP) is 1.95. The Morgan fingerprint density at radius 1 is 1.29 bits per heavy atom. The van der Waals surface area contributed by atoms with Crippen molar-refractivity contribution < 1.29 is 4.79 Å². The van der Waals surface area contributed by atoms with Gasteiger partial charge in [0.15, 0.2) is 0 Å². The van der Waals surface area contributed by atoms with Crippen LogP contribution >= 0.6 is 0 Å². The lowest BCUT2D eigenvalue weighted by Crippen LogP contribution is -2.45. The summed E-state index contributed by atoms with van der Waals surface area (Å²) < 4.78 is 1.86. The number of nitrogens with one attached hydrogen (secondary N) is 1. The van der Waals surface area contributed by atoms with Crippen LogP contribution in [0.15, 0.2) is 0 Å². The Kier molecular flexibility index (Phi) is 5.04. The first kappa shape index (κ1) is 16.0. The van der Waals surface area contributed by atoms with Crippen molar-refractivity contribution in [1.82, 2.24) is 15.1 Å². The molecule has 1 aliphatic carbocycles. The van der Waals surface area contributed by atoms with Gasteiger partial charge in [0.2, 0.25) is 5.91 Å². The van der Waals surface area contributed by atoms with Crippen molar-refractivity contribution in [3.8, 4) is 0 Å². The van der Waals surface area contributed by atoms with E-state index in [1.807, 2.05) is 25.6 Å². The Balaban J connectivity index is 2.05. The van der Waals surface area contributed by atoms with Crippen molar-refractivity contribution in [1.29, 1.82) is 0 Å². The molecule has 1 amide bonds. The first-order valence-corrected chi connectivity index (χ1v) is 7.97. The third kappa shape index (κ3) is 3.28. The number of aryl methyl sites for hydroxylation is 2. The molecule has 3 N–H and O–H groups in total. The highest BCUT2D eigenvalue weighted by atomic mass is 16.2. The lowest BCUT2D eigenvalue weighted by molar-refractivity contribution is -0.131. The van der Waals surface area contributed by atoms with E-state index >= 15 is 0 Å². The molecule has 0 aromatic carbocycles. The van der Waals surface area contributed by atoms with Crippen molar-refractivity contribution >= 4 is 5.91 Å². The van der Waals surface area contributed by atoms with Crippen LogP contribution in [0.1, 0.15) is 55.5 Å².